The molecular weight excluding hydrogens is 273 g/mol. The van der Waals surface area contributed by atoms with E-state index in [0.29, 0.717) is 11.6 Å². The summed E-state index contributed by atoms with van der Waals surface area (Å²) in [6.07, 6.45) is 2.22. The van der Waals surface area contributed by atoms with Gasteiger partial charge in [0.15, 0.2) is 0 Å². The fourth-order valence-electron chi connectivity index (χ4n) is 1.96. The predicted octanol–water partition coefficient (Wildman–Crippen LogP) is 1.79. The normalized spacial score (nSPS) is 15.1. The molecule has 1 aromatic carbocycles. The van der Waals surface area contributed by atoms with Gasteiger partial charge in [-0.15, -0.1) is 24.8 Å². The lowest BCUT2D eigenvalue weighted by molar-refractivity contribution is 0.100. The standard InChI is InChI=1S/C12H17N3O.2ClH/c13-12(16)9-2-1-3-11(8-9)15-10-4-6-14-7-5-10;;/h1-3,8,10,14-15H,4-7H2,(H2,13,16);2*1H. The van der Waals surface area contributed by atoms with Gasteiger partial charge in [0.25, 0.3) is 0 Å². The second kappa shape index (κ2) is 8.19. The number of amides is 1. The van der Waals surface area contributed by atoms with Crippen LogP contribution in [0.5, 0.6) is 0 Å². The van der Waals surface area contributed by atoms with Crippen LogP contribution in [0.25, 0.3) is 0 Å². The van der Waals surface area contributed by atoms with Crippen molar-refractivity contribution in [1.29, 1.82) is 0 Å². The highest BCUT2D eigenvalue weighted by molar-refractivity contribution is 5.93. The van der Waals surface area contributed by atoms with Crippen molar-refractivity contribution in [2.75, 3.05) is 18.4 Å². The molecule has 0 saturated carbocycles. The van der Waals surface area contributed by atoms with E-state index in [1.807, 2.05) is 18.2 Å². The van der Waals surface area contributed by atoms with Crippen molar-refractivity contribution in [1.82, 2.24) is 5.32 Å². The molecule has 1 saturated heterocycles. The van der Waals surface area contributed by atoms with Crippen LogP contribution in [0.3, 0.4) is 0 Å². The third-order valence-electron chi connectivity index (χ3n) is 2.86. The van der Waals surface area contributed by atoms with Crippen molar-refractivity contribution in [3.63, 3.8) is 0 Å². The lowest BCUT2D eigenvalue weighted by Gasteiger charge is -2.24. The average Bonchev–Trinajstić information content (AvgIpc) is 2.30. The Kier molecular flexibility index (Phi) is 7.75. The zero-order valence-electron chi connectivity index (χ0n) is 10.0. The minimum Gasteiger partial charge on any atom is -0.382 e. The lowest BCUT2D eigenvalue weighted by Crippen LogP contribution is -2.35. The first-order chi connectivity index (χ1) is 7.75. The van der Waals surface area contributed by atoms with E-state index < -0.39 is 0 Å². The van der Waals surface area contributed by atoms with Crippen LogP contribution in [0.1, 0.15) is 23.2 Å². The zero-order chi connectivity index (χ0) is 11.4. The molecule has 0 aromatic heterocycles. The smallest absolute Gasteiger partial charge is 0.248 e. The Morgan fingerprint density at radius 1 is 1.28 bits per heavy atom. The molecule has 1 amide bonds. The van der Waals surface area contributed by atoms with Gasteiger partial charge in [0.2, 0.25) is 5.91 Å². The van der Waals surface area contributed by atoms with Gasteiger partial charge >= 0.3 is 0 Å². The number of rotatable bonds is 3. The van der Waals surface area contributed by atoms with Gasteiger partial charge in [0.1, 0.15) is 0 Å². The summed E-state index contributed by atoms with van der Waals surface area (Å²) in [5.41, 5.74) is 6.77. The minimum atomic E-state index is -0.381. The summed E-state index contributed by atoms with van der Waals surface area (Å²) in [5, 5.41) is 6.74. The number of hydrogen-bond acceptors (Lipinski definition) is 3. The number of piperidine rings is 1. The van der Waals surface area contributed by atoms with Crippen LogP contribution in [0.15, 0.2) is 24.3 Å². The molecular formula is C12H19Cl2N3O. The van der Waals surface area contributed by atoms with Gasteiger partial charge in [0.05, 0.1) is 0 Å². The fourth-order valence-corrected chi connectivity index (χ4v) is 1.96. The molecule has 0 spiro atoms. The predicted molar refractivity (Wildman–Crippen MR) is 79.0 cm³/mol. The molecule has 0 radical (unpaired) electrons. The van der Waals surface area contributed by atoms with Gasteiger partial charge in [-0.05, 0) is 44.1 Å². The summed E-state index contributed by atoms with van der Waals surface area (Å²) in [6.45, 7) is 2.10. The van der Waals surface area contributed by atoms with Crippen LogP contribution in [-0.2, 0) is 0 Å². The Morgan fingerprint density at radius 2 is 1.94 bits per heavy atom. The Morgan fingerprint density at radius 3 is 2.56 bits per heavy atom. The van der Waals surface area contributed by atoms with E-state index in [1.54, 1.807) is 6.07 Å². The number of halogens is 2. The number of primary amides is 1. The summed E-state index contributed by atoms with van der Waals surface area (Å²) in [5.74, 6) is -0.381. The van der Waals surface area contributed by atoms with Gasteiger partial charge in [-0.2, -0.15) is 0 Å². The van der Waals surface area contributed by atoms with Crippen molar-refractivity contribution in [2.24, 2.45) is 5.73 Å². The van der Waals surface area contributed by atoms with E-state index in [-0.39, 0.29) is 30.7 Å². The Bertz CT molecular complexity index is 381. The highest BCUT2D eigenvalue weighted by atomic mass is 35.5. The Hall–Kier alpha value is -0.970. The van der Waals surface area contributed by atoms with Crippen LogP contribution >= 0.6 is 24.8 Å². The Balaban J connectivity index is 0.00000144. The van der Waals surface area contributed by atoms with Crippen molar-refractivity contribution < 1.29 is 4.79 Å². The molecule has 1 aromatic rings. The minimum absolute atomic E-state index is 0. The first-order valence-electron chi connectivity index (χ1n) is 5.63. The van der Waals surface area contributed by atoms with E-state index in [9.17, 15) is 4.79 Å². The molecule has 1 heterocycles. The molecule has 0 aliphatic carbocycles. The summed E-state index contributed by atoms with van der Waals surface area (Å²) in [6, 6.07) is 7.85. The largest absolute Gasteiger partial charge is 0.382 e. The van der Waals surface area contributed by atoms with Gasteiger partial charge < -0.3 is 16.4 Å². The SMILES string of the molecule is Cl.Cl.NC(=O)c1cccc(NC2CCNCC2)c1. The molecule has 0 atom stereocenters. The van der Waals surface area contributed by atoms with E-state index >= 15 is 0 Å². The third-order valence-corrected chi connectivity index (χ3v) is 2.86. The first kappa shape index (κ1) is 17.0. The number of anilines is 1. The number of benzene rings is 1. The monoisotopic (exact) mass is 291 g/mol. The second-order valence-corrected chi connectivity index (χ2v) is 4.11. The van der Waals surface area contributed by atoms with Crippen molar-refractivity contribution in [3.05, 3.63) is 29.8 Å². The highest BCUT2D eigenvalue weighted by Gasteiger charge is 2.12. The van der Waals surface area contributed by atoms with Crippen LogP contribution in [0.4, 0.5) is 5.69 Å². The van der Waals surface area contributed by atoms with Crippen LogP contribution < -0.4 is 16.4 Å². The number of nitrogens with two attached hydrogens (primary N) is 1. The second-order valence-electron chi connectivity index (χ2n) is 4.11. The average molecular weight is 292 g/mol. The van der Waals surface area contributed by atoms with Gasteiger partial charge in [-0.1, -0.05) is 6.07 Å². The molecule has 4 N–H and O–H groups in total. The van der Waals surface area contributed by atoms with Crippen LogP contribution in [0.2, 0.25) is 0 Å². The molecule has 1 aliphatic rings. The van der Waals surface area contributed by atoms with Crippen molar-refractivity contribution in [3.8, 4) is 0 Å². The highest BCUT2D eigenvalue weighted by Crippen LogP contribution is 2.14. The lowest BCUT2D eigenvalue weighted by atomic mass is 10.1. The molecule has 0 bridgehead atoms. The van der Waals surface area contributed by atoms with E-state index in [2.05, 4.69) is 10.6 Å². The molecule has 1 aliphatic heterocycles. The summed E-state index contributed by atoms with van der Waals surface area (Å²) < 4.78 is 0. The van der Waals surface area contributed by atoms with Gasteiger partial charge in [0, 0.05) is 17.3 Å². The van der Waals surface area contributed by atoms with E-state index in [1.165, 1.54) is 0 Å². The molecule has 4 nitrogen and oxygen atoms in total. The third kappa shape index (κ3) is 4.72. The molecule has 2 rings (SSSR count). The summed E-state index contributed by atoms with van der Waals surface area (Å²) in [4.78, 5) is 11.0. The van der Waals surface area contributed by atoms with E-state index in [0.717, 1.165) is 31.6 Å². The maximum Gasteiger partial charge on any atom is 0.248 e. The fraction of sp³-hybridized carbons (Fsp3) is 0.417. The maximum absolute atomic E-state index is 11.0. The van der Waals surface area contributed by atoms with Crippen molar-refractivity contribution in [2.45, 2.75) is 18.9 Å². The summed E-state index contributed by atoms with van der Waals surface area (Å²) >= 11 is 0. The Labute approximate surface area is 120 Å². The number of carbonyl (C=O) groups is 1. The number of carbonyl (C=O) groups excluding carboxylic acids is 1. The topological polar surface area (TPSA) is 67.2 Å². The molecule has 0 unspecified atom stereocenters. The van der Waals surface area contributed by atoms with Crippen LogP contribution in [0, 0.1) is 0 Å². The van der Waals surface area contributed by atoms with E-state index in [4.69, 9.17) is 5.73 Å². The molecule has 102 valence electrons. The maximum atomic E-state index is 11.0. The van der Waals surface area contributed by atoms with Gasteiger partial charge in [-0.3, -0.25) is 4.79 Å². The quantitative estimate of drug-likeness (QED) is 0.795. The summed E-state index contributed by atoms with van der Waals surface area (Å²) in [7, 11) is 0. The zero-order valence-corrected chi connectivity index (χ0v) is 11.7. The molecule has 18 heavy (non-hydrogen) atoms. The van der Waals surface area contributed by atoms with Gasteiger partial charge in [-0.25, -0.2) is 0 Å². The molecule has 6 heteroatoms. The molecule has 1 fully saturated rings. The number of nitrogens with one attached hydrogen (secondary N) is 2. The number of hydrogen-bond donors (Lipinski definition) is 3. The van der Waals surface area contributed by atoms with Crippen molar-refractivity contribution >= 4 is 36.4 Å². The van der Waals surface area contributed by atoms with Crippen LogP contribution in [-0.4, -0.2) is 25.0 Å². The first-order valence-corrected chi connectivity index (χ1v) is 5.63.